The van der Waals surface area contributed by atoms with E-state index >= 15 is 0 Å². The van der Waals surface area contributed by atoms with Crippen LogP contribution in [0.5, 0.6) is 5.75 Å². The van der Waals surface area contributed by atoms with Crippen LogP contribution in [0.25, 0.3) is 0 Å². The van der Waals surface area contributed by atoms with E-state index in [1.165, 1.54) is 31.2 Å². The van der Waals surface area contributed by atoms with Gasteiger partial charge in [-0.15, -0.1) is 0 Å². The van der Waals surface area contributed by atoms with Gasteiger partial charge >= 0.3 is 0 Å². The van der Waals surface area contributed by atoms with Crippen LogP contribution in [0, 0.1) is 12.8 Å². The van der Waals surface area contributed by atoms with Crippen molar-refractivity contribution in [2.24, 2.45) is 11.7 Å². The lowest BCUT2D eigenvalue weighted by Crippen LogP contribution is -2.25. The molecule has 2 heteroatoms. The predicted molar refractivity (Wildman–Crippen MR) is 71.1 cm³/mol. The van der Waals surface area contributed by atoms with E-state index in [0.717, 1.165) is 17.2 Å². The lowest BCUT2D eigenvalue weighted by molar-refractivity contribution is 0.127. The van der Waals surface area contributed by atoms with Gasteiger partial charge in [0.25, 0.3) is 0 Å². The van der Waals surface area contributed by atoms with Crippen molar-refractivity contribution in [2.45, 2.75) is 52.2 Å². The molecule has 0 bridgehead atoms. The third kappa shape index (κ3) is 3.01. The summed E-state index contributed by atoms with van der Waals surface area (Å²) in [5.74, 6) is 1.81. The van der Waals surface area contributed by atoms with Crippen LogP contribution in [0.2, 0.25) is 0 Å². The van der Waals surface area contributed by atoms with Crippen molar-refractivity contribution in [3.05, 3.63) is 29.3 Å². The Labute approximate surface area is 104 Å². The molecule has 1 aliphatic carbocycles. The second kappa shape index (κ2) is 5.54. The summed E-state index contributed by atoms with van der Waals surface area (Å²) >= 11 is 0. The zero-order valence-corrected chi connectivity index (χ0v) is 10.9. The predicted octanol–water partition coefficient (Wildman–Crippen LogP) is 3.41. The molecule has 2 unspecified atom stereocenters. The fourth-order valence-electron chi connectivity index (χ4n) is 2.69. The Hall–Kier alpha value is -1.02. The summed E-state index contributed by atoms with van der Waals surface area (Å²) in [5.41, 5.74) is 8.10. The first-order chi connectivity index (χ1) is 8.20. The highest BCUT2D eigenvalue weighted by Gasteiger charge is 2.21. The Bertz CT molecular complexity index is 375. The number of hydrogen-bond donors (Lipinski definition) is 1. The first-order valence-electron chi connectivity index (χ1n) is 6.66. The summed E-state index contributed by atoms with van der Waals surface area (Å²) in [7, 11) is 0. The summed E-state index contributed by atoms with van der Waals surface area (Å²) < 4.78 is 6.20. The Balaban J connectivity index is 2.12. The van der Waals surface area contributed by atoms with Gasteiger partial charge in [-0.25, -0.2) is 0 Å². The van der Waals surface area contributed by atoms with Crippen LogP contribution >= 0.6 is 0 Å². The fourth-order valence-corrected chi connectivity index (χ4v) is 2.69. The van der Waals surface area contributed by atoms with E-state index in [2.05, 4.69) is 26.0 Å². The number of rotatable bonds is 3. The van der Waals surface area contributed by atoms with E-state index in [9.17, 15) is 0 Å². The third-order valence-electron chi connectivity index (χ3n) is 3.69. The van der Waals surface area contributed by atoms with Crippen LogP contribution in [0.3, 0.4) is 0 Å². The van der Waals surface area contributed by atoms with Gasteiger partial charge in [-0.2, -0.15) is 0 Å². The fraction of sp³-hybridized carbons (Fsp3) is 0.600. The molecule has 1 saturated carbocycles. The van der Waals surface area contributed by atoms with Crippen molar-refractivity contribution >= 4 is 0 Å². The van der Waals surface area contributed by atoms with Crippen LogP contribution in [0.1, 0.15) is 43.7 Å². The molecule has 0 aromatic heterocycles. The SMILES string of the molecule is Cc1cccc(CN)c1OC1CCCC(C)C1. The first-order valence-corrected chi connectivity index (χ1v) is 6.66. The van der Waals surface area contributed by atoms with Crippen LogP contribution in [0.15, 0.2) is 18.2 Å². The van der Waals surface area contributed by atoms with Gasteiger partial charge in [0, 0.05) is 12.1 Å². The minimum absolute atomic E-state index is 0.380. The summed E-state index contributed by atoms with van der Waals surface area (Å²) in [6, 6.07) is 6.21. The quantitative estimate of drug-likeness (QED) is 0.868. The normalized spacial score (nSPS) is 24.6. The highest BCUT2D eigenvalue weighted by Crippen LogP contribution is 2.30. The van der Waals surface area contributed by atoms with Crippen LogP contribution < -0.4 is 10.5 Å². The molecular weight excluding hydrogens is 210 g/mol. The summed E-state index contributed by atoms with van der Waals surface area (Å²) in [6.07, 6.45) is 5.37. The third-order valence-corrected chi connectivity index (χ3v) is 3.69. The van der Waals surface area contributed by atoms with E-state index in [4.69, 9.17) is 10.5 Å². The highest BCUT2D eigenvalue weighted by molar-refractivity contribution is 5.40. The molecule has 1 fully saturated rings. The Morgan fingerprint density at radius 2 is 2.18 bits per heavy atom. The molecule has 2 rings (SSSR count). The van der Waals surface area contributed by atoms with Gasteiger partial charge in [-0.05, 0) is 37.7 Å². The van der Waals surface area contributed by atoms with Crippen molar-refractivity contribution < 1.29 is 4.74 Å². The van der Waals surface area contributed by atoms with E-state index in [0.29, 0.717) is 12.6 Å². The smallest absolute Gasteiger partial charge is 0.127 e. The molecular formula is C15H23NO. The number of ether oxygens (including phenoxy) is 1. The van der Waals surface area contributed by atoms with Crippen LogP contribution in [-0.4, -0.2) is 6.10 Å². The average molecular weight is 233 g/mol. The standard InChI is InChI=1S/C15H23NO/c1-11-5-3-8-14(9-11)17-15-12(2)6-4-7-13(15)10-16/h4,6-7,11,14H,3,5,8-10,16H2,1-2H3. The summed E-state index contributed by atoms with van der Waals surface area (Å²) in [4.78, 5) is 0. The Kier molecular flexibility index (Phi) is 4.06. The molecule has 1 aliphatic rings. The highest BCUT2D eigenvalue weighted by atomic mass is 16.5. The van der Waals surface area contributed by atoms with Gasteiger partial charge in [0.1, 0.15) is 5.75 Å². The molecule has 1 aromatic rings. The lowest BCUT2D eigenvalue weighted by Gasteiger charge is -2.28. The lowest BCUT2D eigenvalue weighted by atomic mass is 9.88. The monoisotopic (exact) mass is 233 g/mol. The molecule has 2 nitrogen and oxygen atoms in total. The van der Waals surface area contributed by atoms with Crippen molar-refractivity contribution in [3.63, 3.8) is 0 Å². The molecule has 0 saturated heterocycles. The Morgan fingerprint density at radius 1 is 1.35 bits per heavy atom. The van der Waals surface area contributed by atoms with Gasteiger partial charge in [0.2, 0.25) is 0 Å². The van der Waals surface area contributed by atoms with Crippen molar-refractivity contribution in [1.82, 2.24) is 0 Å². The molecule has 94 valence electrons. The second-order valence-electron chi connectivity index (χ2n) is 5.28. The largest absolute Gasteiger partial charge is 0.490 e. The van der Waals surface area contributed by atoms with Gasteiger partial charge in [0.05, 0.1) is 6.10 Å². The Morgan fingerprint density at radius 3 is 2.88 bits per heavy atom. The zero-order chi connectivity index (χ0) is 12.3. The minimum Gasteiger partial charge on any atom is -0.490 e. The molecule has 2 atom stereocenters. The summed E-state index contributed by atoms with van der Waals surface area (Å²) in [6.45, 7) is 4.97. The maximum atomic E-state index is 6.20. The van der Waals surface area contributed by atoms with Gasteiger partial charge in [0.15, 0.2) is 0 Å². The van der Waals surface area contributed by atoms with Crippen LogP contribution in [-0.2, 0) is 6.54 Å². The van der Waals surface area contributed by atoms with Crippen LogP contribution in [0.4, 0.5) is 0 Å². The van der Waals surface area contributed by atoms with E-state index in [1.807, 2.05) is 6.07 Å². The number of para-hydroxylation sites is 1. The second-order valence-corrected chi connectivity index (χ2v) is 5.28. The average Bonchev–Trinajstić information content (AvgIpc) is 2.32. The molecule has 0 spiro atoms. The molecule has 0 radical (unpaired) electrons. The molecule has 0 aliphatic heterocycles. The maximum Gasteiger partial charge on any atom is 0.127 e. The van der Waals surface area contributed by atoms with Gasteiger partial charge < -0.3 is 10.5 Å². The number of benzene rings is 1. The van der Waals surface area contributed by atoms with Crippen molar-refractivity contribution in [3.8, 4) is 5.75 Å². The molecule has 1 aromatic carbocycles. The minimum atomic E-state index is 0.380. The van der Waals surface area contributed by atoms with Gasteiger partial charge in [-0.1, -0.05) is 31.5 Å². The summed E-state index contributed by atoms with van der Waals surface area (Å²) in [5, 5.41) is 0. The number of aryl methyl sites for hydroxylation is 1. The molecule has 17 heavy (non-hydrogen) atoms. The topological polar surface area (TPSA) is 35.2 Å². The zero-order valence-electron chi connectivity index (χ0n) is 10.9. The van der Waals surface area contributed by atoms with Crippen molar-refractivity contribution in [2.75, 3.05) is 0 Å². The molecule has 0 amide bonds. The number of hydrogen-bond acceptors (Lipinski definition) is 2. The van der Waals surface area contributed by atoms with E-state index in [-0.39, 0.29) is 0 Å². The molecule has 0 heterocycles. The first kappa shape index (κ1) is 12.4. The number of nitrogens with two attached hydrogens (primary N) is 1. The van der Waals surface area contributed by atoms with Gasteiger partial charge in [-0.3, -0.25) is 0 Å². The maximum absolute atomic E-state index is 6.20. The van der Waals surface area contributed by atoms with E-state index < -0.39 is 0 Å². The van der Waals surface area contributed by atoms with E-state index in [1.54, 1.807) is 0 Å². The van der Waals surface area contributed by atoms with Crippen molar-refractivity contribution in [1.29, 1.82) is 0 Å². The molecule has 2 N–H and O–H groups in total.